The highest BCUT2D eigenvalue weighted by Crippen LogP contribution is 2.26. The molecule has 5 heteroatoms. The Bertz CT molecular complexity index is 905. The van der Waals surface area contributed by atoms with Crippen LogP contribution in [0, 0.1) is 0 Å². The standard InChI is InChI=1S/C21H21N3O2/c1-3-7-15(18-13-16-17(23-18)8-6-9-19(16)25)12-14(2)21(26)24-20-10-4-5-11-22-20/h3-5,7,10-13,23H,2,6,8-9H2,1H3,(H,22,24,26)/b7-3-,15-12+. The molecular weight excluding hydrogens is 326 g/mol. The Hall–Kier alpha value is -3.21. The number of carbonyl (C=O) groups excluding carboxylic acids is 2. The number of ketones is 1. The fourth-order valence-electron chi connectivity index (χ4n) is 2.94. The van der Waals surface area contributed by atoms with Gasteiger partial charge in [0, 0.05) is 35.1 Å². The minimum absolute atomic E-state index is 0.167. The number of nitrogens with zero attached hydrogens (tertiary/aromatic N) is 1. The molecule has 132 valence electrons. The number of nitrogens with one attached hydrogen (secondary N) is 2. The molecular formula is C21H21N3O2. The average molecular weight is 347 g/mol. The van der Waals surface area contributed by atoms with Crippen molar-refractivity contribution in [2.45, 2.75) is 26.2 Å². The van der Waals surface area contributed by atoms with Gasteiger partial charge in [0.2, 0.25) is 0 Å². The molecule has 1 amide bonds. The van der Waals surface area contributed by atoms with Crippen molar-refractivity contribution in [1.82, 2.24) is 9.97 Å². The van der Waals surface area contributed by atoms with Gasteiger partial charge in [-0.3, -0.25) is 9.59 Å². The average Bonchev–Trinajstić information content (AvgIpc) is 3.08. The van der Waals surface area contributed by atoms with E-state index in [0.29, 0.717) is 17.8 Å². The molecule has 0 aromatic carbocycles. The summed E-state index contributed by atoms with van der Waals surface area (Å²) in [5.74, 6) is 0.318. The first kappa shape index (κ1) is 17.6. The molecule has 0 saturated carbocycles. The summed E-state index contributed by atoms with van der Waals surface area (Å²) in [6.45, 7) is 5.77. The van der Waals surface area contributed by atoms with Crippen molar-refractivity contribution in [1.29, 1.82) is 0 Å². The van der Waals surface area contributed by atoms with E-state index in [1.54, 1.807) is 30.5 Å². The summed E-state index contributed by atoms with van der Waals surface area (Å²) in [6, 6.07) is 7.16. The maximum Gasteiger partial charge on any atom is 0.256 e. The number of H-pyrrole nitrogens is 1. The van der Waals surface area contributed by atoms with Crippen molar-refractivity contribution < 1.29 is 9.59 Å². The summed E-state index contributed by atoms with van der Waals surface area (Å²) in [4.78, 5) is 31.8. The Labute approximate surface area is 152 Å². The van der Waals surface area contributed by atoms with Crippen LogP contribution in [0.15, 0.2) is 60.8 Å². The van der Waals surface area contributed by atoms with E-state index >= 15 is 0 Å². The van der Waals surface area contributed by atoms with Crippen molar-refractivity contribution in [2.24, 2.45) is 0 Å². The third kappa shape index (κ3) is 3.88. The molecule has 0 spiro atoms. The van der Waals surface area contributed by atoms with Gasteiger partial charge in [0.15, 0.2) is 5.78 Å². The topological polar surface area (TPSA) is 74.8 Å². The predicted octanol–water partition coefficient (Wildman–Crippen LogP) is 4.08. The second kappa shape index (κ2) is 7.78. The quantitative estimate of drug-likeness (QED) is 0.632. The number of carbonyl (C=O) groups is 2. The Kier molecular flexibility index (Phi) is 5.27. The number of Topliss-reactive ketones (excluding diaryl/α,β-unsaturated/α-hetero) is 1. The molecule has 3 rings (SSSR count). The number of rotatable bonds is 5. The normalized spacial score (nSPS) is 14.3. The molecule has 26 heavy (non-hydrogen) atoms. The van der Waals surface area contributed by atoms with Crippen LogP contribution in [0.4, 0.5) is 5.82 Å². The fourth-order valence-corrected chi connectivity index (χ4v) is 2.94. The smallest absolute Gasteiger partial charge is 0.256 e. The maximum absolute atomic E-state index is 12.3. The van der Waals surface area contributed by atoms with Crippen LogP contribution in [0.5, 0.6) is 0 Å². The molecule has 0 fully saturated rings. The number of hydrogen-bond acceptors (Lipinski definition) is 3. The van der Waals surface area contributed by atoms with Crippen LogP contribution in [-0.2, 0) is 11.2 Å². The van der Waals surface area contributed by atoms with Crippen molar-refractivity contribution in [3.63, 3.8) is 0 Å². The Morgan fingerprint density at radius 2 is 2.19 bits per heavy atom. The number of pyridine rings is 1. The number of allylic oxidation sites excluding steroid dienone is 3. The third-order valence-corrected chi connectivity index (χ3v) is 4.22. The van der Waals surface area contributed by atoms with Gasteiger partial charge in [-0.2, -0.15) is 0 Å². The van der Waals surface area contributed by atoms with Crippen molar-refractivity contribution >= 4 is 23.1 Å². The first-order chi connectivity index (χ1) is 12.6. The van der Waals surface area contributed by atoms with Gasteiger partial charge in [-0.25, -0.2) is 4.98 Å². The maximum atomic E-state index is 12.3. The van der Waals surface area contributed by atoms with Gasteiger partial charge in [-0.15, -0.1) is 0 Å². The summed E-state index contributed by atoms with van der Waals surface area (Å²) in [5, 5.41) is 2.71. The van der Waals surface area contributed by atoms with E-state index in [4.69, 9.17) is 0 Å². The van der Waals surface area contributed by atoms with Crippen LogP contribution in [0.1, 0.15) is 41.5 Å². The van der Waals surface area contributed by atoms with Gasteiger partial charge in [0.05, 0.1) is 0 Å². The van der Waals surface area contributed by atoms with Crippen LogP contribution in [-0.4, -0.2) is 21.7 Å². The molecule has 2 heterocycles. The zero-order valence-corrected chi connectivity index (χ0v) is 14.7. The second-order valence-corrected chi connectivity index (χ2v) is 6.15. The number of aromatic amines is 1. The first-order valence-electron chi connectivity index (χ1n) is 8.59. The number of hydrogen-bond donors (Lipinski definition) is 2. The van der Waals surface area contributed by atoms with Crippen LogP contribution in [0.25, 0.3) is 5.57 Å². The summed E-state index contributed by atoms with van der Waals surface area (Å²) in [6.07, 6.45) is 9.42. The summed E-state index contributed by atoms with van der Waals surface area (Å²) in [7, 11) is 0. The number of amides is 1. The highest BCUT2D eigenvalue weighted by molar-refractivity contribution is 6.06. The summed E-state index contributed by atoms with van der Waals surface area (Å²) >= 11 is 0. The molecule has 0 bridgehead atoms. The molecule has 0 saturated heterocycles. The van der Waals surface area contributed by atoms with E-state index in [9.17, 15) is 9.59 Å². The van der Waals surface area contributed by atoms with Gasteiger partial charge >= 0.3 is 0 Å². The SMILES string of the molecule is C=C(/C=C(\C=C/C)c1cc2c([nH]1)CCCC2=O)C(=O)Nc1ccccn1. The van der Waals surface area contributed by atoms with Crippen LogP contribution < -0.4 is 5.32 Å². The molecule has 0 atom stereocenters. The summed E-state index contributed by atoms with van der Waals surface area (Å²) in [5.41, 5.74) is 3.65. The molecule has 1 aliphatic carbocycles. The lowest BCUT2D eigenvalue weighted by atomic mass is 9.96. The Morgan fingerprint density at radius 1 is 1.35 bits per heavy atom. The number of fused-ring (bicyclic) bond motifs is 1. The zero-order valence-electron chi connectivity index (χ0n) is 14.7. The van der Waals surface area contributed by atoms with E-state index in [1.807, 2.05) is 25.1 Å². The van der Waals surface area contributed by atoms with Crippen molar-refractivity contribution in [3.05, 3.63) is 77.8 Å². The van der Waals surface area contributed by atoms with Crippen LogP contribution in [0.3, 0.4) is 0 Å². The Morgan fingerprint density at radius 3 is 2.88 bits per heavy atom. The van der Waals surface area contributed by atoms with Gasteiger partial charge in [-0.05, 0) is 49.6 Å². The lowest BCUT2D eigenvalue weighted by Gasteiger charge is -2.08. The van der Waals surface area contributed by atoms with Crippen molar-refractivity contribution in [3.8, 4) is 0 Å². The molecule has 0 unspecified atom stereocenters. The van der Waals surface area contributed by atoms with E-state index < -0.39 is 0 Å². The van der Waals surface area contributed by atoms with Gasteiger partial charge in [0.1, 0.15) is 5.82 Å². The number of aryl methyl sites for hydroxylation is 1. The van der Waals surface area contributed by atoms with Crippen LogP contribution >= 0.6 is 0 Å². The lowest BCUT2D eigenvalue weighted by molar-refractivity contribution is -0.112. The summed E-state index contributed by atoms with van der Waals surface area (Å²) < 4.78 is 0. The number of anilines is 1. The van der Waals surface area contributed by atoms with Gasteiger partial charge in [0.25, 0.3) is 5.91 Å². The molecule has 0 aliphatic heterocycles. The van der Waals surface area contributed by atoms with Crippen LogP contribution in [0.2, 0.25) is 0 Å². The van der Waals surface area contributed by atoms with E-state index in [0.717, 1.165) is 35.4 Å². The molecule has 2 aromatic heterocycles. The molecule has 1 aliphatic rings. The number of aromatic nitrogens is 2. The highest BCUT2D eigenvalue weighted by atomic mass is 16.1. The lowest BCUT2D eigenvalue weighted by Crippen LogP contribution is -2.13. The predicted molar refractivity (Wildman–Crippen MR) is 103 cm³/mol. The highest BCUT2D eigenvalue weighted by Gasteiger charge is 2.20. The van der Waals surface area contributed by atoms with E-state index in [1.165, 1.54) is 0 Å². The molecule has 0 radical (unpaired) electrons. The second-order valence-electron chi connectivity index (χ2n) is 6.15. The fraction of sp³-hybridized carbons (Fsp3) is 0.190. The molecule has 2 N–H and O–H groups in total. The van der Waals surface area contributed by atoms with E-state index in [2.05, 4.69) is 21.9 Å². The zero-order chi connectivity index (χ0) is 18.5. The van der Waals surface area contributed by atoms with Gasteiger partial charge < -0.3 is 10.3 Å². The monoisotopic (exact) mass is 347 g/mol. The molecule has 2 aromatic rings. The first-order valence-corrected chi connectivity index (χ1v) is 8.59. The minimum Gasteiger partial charge on any atom is -0.358 e. The van der Waals surface area contributed by atoms with Crippen molar-refractivity contribution in [2.75, 3.05) is 5.32 Å². The molecule has 5 nitrogen and oxygen atoms in total. The largest absolute Gasteiger partial charge is 0.358 e. The Balaban J connectivity index is 1.84. The van der Waals surface area contributed by atoms with E-state index in [-0.39, 0.29) is 11.7 Å². The van der Waals surface area contributed by atoms with Gasteiger partial charge in [-0.1, -0.05) is 24.8 Å². The minimum atomic E-state index is -0.321. The third-order valence-electron chi connectivity index (χ3n) is 4.22.